The van der Waals surface area contributed by atoms with Crippen LogP contribution in [0.4, 0.5) is 19.3 Å². The Kier molecular flexibility index (Phi) is 5.70. The van der Waals surface area contributed by atoms with E-state index in [1.165, 1.54) is 12.1 Å². The van der Waals surface area contributed by atoms with Gasteiger partial charge in [-0.3, -0.25) is 0 Å². The van der Waals surface area contributed by atoms with Crippen molar-refractivity contribution in [3.8, 4) is 0 Å². The zero-order valence-corrected chi connectivity index (χ0v) is 14.3. The van der Waals surface area contributed by atoms with E-state index in [-0.39, 0.29) is 18.8 Å². The van der Waals surface area contributed by atoms with Crippen molar-refractivity contribution in [3.05, 3.63) is 29.8 Å². The molecule has 0 bridgehead atoms. The summed E-state index contributed by atoms with van der Waals surface area (Å²) in [5.74, 6) is -1.19. The third-order valence-corrected chi connectivity index (χ3v) is 4.52. The first-order valence-electron chi connectivity index (χ1n) is 8.45. The van der Waals surface area contributed by atoms with E-state index in [1.54, 1.807) is 9.80 Å². The number of likely N-dealkylation sites (N-methyl/N-ethyl adjacent to an activating group) is 1. The number of morpholine rings is 1. The summed E-state index contributed by atoms with van der Waals surface area (Å²) < 4.78 is 37.8. The molecule has 6 nitrogen and oxygen atoms in total. The summed E-state index contributed by atoms with van der Waals surface area (Å²) in [7, 11) is 2.01. The molecule has 1 aromatic carbocycles. The molecule has 138 valence electrons. The number of anilines is 1. The SMILES string of the molecule is CN1CCO[C@@H](COC(=O)N2CCN(c3ccc(F)cc3F)CC2)C1. The van der Waals surface area contributed by atoms with Crippen LogP contribution in [-0.4, -0.2) is 81.5 Å². The standard InChI is InChI=1S/C17H23F2N3O3/c1-20-8-9-24-14(11-20)12-25-17(23)22-6-4-21(5-7-22)16-3-2-13(18)10-15(16)19/h2-3,10,14H,4-9,11-12H2,1H3/t14-/m1/s1. The van der Waals surface area contributed by atoms with Crippen molar-refractivity contribution < 1.29 is 23.0 Å². The number of nitrogens with zero attached hydrogens (tertiary/aromatic N) is 3. The lowest BCUT2D eigenvalue weighted by Gasteiger charge is -2.36. The van der Waals surface area contributed by atoms with Gasteiger partial charge in [0.2, 0.25) is 0 Å². The van der Waals surface area contributed by atoms with Crippen molar-refractivity contribution in [2.45, 2.75) is 6.10 Å². The average molecular weight is 355 g/mol. The van der Waals surface area contributed by atoms with Crippen molar-refractivity contribution in [3.63, 3.8) is 0 Å². The van der Waals surface area contributed by atoms with Gasteiger partial charge in [0.15, 0.2) is 0 Å². The monoisotopic (exact) mass is 355 g/mol. The molecular weight excluding hydrogens is 332 g/mol. The Hall–Kier alpha value is -1.93. The van der Waals surface area contributed by atoms with Gasteiger partial charge in [0, 0.05) is 45.3 Å². The number of hydrogen-bond donors (Lipinski definition) is 0. The predicted molar refractivity (Wildman–Crippen MR) is 88.7 cm³/mol. The Labute approximate surface area is 145 Å². The molecule has 2 aliphatic rings. The topological polar surface area (TPSA) is 45.3 Å². The number of carbonyl (C=O) groups excluding carboxylic acids is 1. The molecule has 1 amide bonds. The van der Waals surface area contributed by atoms with Crippen molar-refractivity contribution >= 4 is 11.8 Å². The van der Waals surface area contributed by atoms with Crippen LogP contribution in [0.3, 0.4) is 0 Å². The molecule has 25 heavy (non-hydrogen) atoms. The van der Waals surface area contributed by atoms with Gasteiger partial charge in [-0.15, -0.1) is 0 Å². The summed E-state index contributed by atoms with van der Waals surface area (Å²) in [4.78, 5) is 17.7. The van der Waals surface area contributed by atoms with E-state index in [2.05, 4.69) is 4.90 Å². The fraction of sp³-hybridized carbons (Fsp3) is 0.588. The average Bonchev–Trinajstić information content (AvgIpc) is 2.60. The van der Waals surface area contributed by atoms with Gasteiger partial charge in [0.1, 0.15) is 24.3 Å². The van der Waals surface area contributed by atoms with Gasteiger partial charge in [-0.05, 0) is 19.2 Å². The molecule has 8 heteroatoms. The maximum Gasteiger partial charge on any atom is 0.409 e. The van der Waals surface area contributed by atoms with Gasteiger partial charge >= 0.3 is 6.09 Å². The summed E-state index contributed by atoms with van der Waals surface area (Å²) >= 11 is 0. The largest absolute Gasteiger partial charge is 0.447 e. The van der Waals surface area contributed by atoms with E-state index in [0.717, 1.165) is 19.2 Å². The molecule has 3 rings (SSSR count). The molecule has 0 spiro atoms. The number of piperazine rings is 1. The second-order valence-corrected chi connectivity index (χ2v) is 6.40. The fourth-order valence-electron chi connectivity index (χ4n) is 3.09. The summed E-state index contributed by atoms with van der Waals surface area (Å²) in [6, 6.07) is 3.53. The highest BCUT2D eigenvalue weighted by Crippen LogP contribution is 2.21. The van der Waals surface area contributed by atoms with E-state index < -0.39 is 11.6 Å². The third kappa shape index (κ3) is 4.58. The van der Waals surface area contributed by atoms with Crippen LogP contribution >= 0.6 is 0 Å². The highest BCUT2D eigenvalue weighted by molar-refractivity contribution is 5.68. The highest BCUT2D eigenvalue weighted by atomic mass is 19.1. The molecule has 1 aromatic rings. The molecule has 2 fully saturated rings. The number of hydrogen-bond acceptors (Lipinski definition) is 5. The lowest BCUT2D eigenvalue weighted by Crippen LogP contribution is -2.50. The first kappa shape index (κ1) is 17.9. The summed E-state index contributed by atoms with van der Waals surface area (Å²) in [5.41, 5.74) is 0.355. The van der Waals surface area contributed by atoms with Crippen LogP contribution in [0.5, 0.6) is 0 Å². The van der Waals surface area contributed by atoms with Crippen LogP contribution in [0, 0.1) is 11.6 Å². The Bertz CT molecular complexity index is 609. The zero-order valence-electron chi connectivity index (χ0n) is 14.3. The van der Waals surface area contributed by atoms with Gasteiger partial charge in [-0.2, -0.15) is 0 Å². The minimum atomic E-state index is -0.598. The third-order valence-electron chi connectivity index (χ3n) is 4.52. The normalized spacial score (nSPS) is 22.1. The minimum Gasteiger partial charge on any atom is -0.447 e. The van der Waals surface area contributed by atoms with E-state index >= 15 is 0 Å². The maximum atomic E-state index is 13.8. The molecule has 2 saturated heterocycles. The number of amides is 1. The summed E-state index contributed by atoms with van der Waals surface area (Å²) in [5, 5.41) is 0. The highest BCUT2D eigenvalue weighted by Gasteiger charge is 2.25. The number of benzene rings is 1. The smallest absolute Gasteiger partial charge is 0.409 e. The number of ether oxygens (including phenoxy) is 2. The quantitative estimate of drug-likeness (QED) is 0.823. The van der Waals surface area contributed by atoms with E-state index in [4.69, 9.17) is 9.47 Å². The molecule has 0 aromatic heterocycles. The molecule has 0 saturated carbocycles. The van der Waals surface area contributed by atoms with Crippen molar-refractivity contribution in [2.75, 3.05) is 64.4 Å². The molecule has 0 aliphatic carbocycles. The predicted octanol–water partition coefficient (Wildman–Crippen LogP) is 1.55. The van der Waals surface area contributed by atoms with E-state index in [0.29, 0.717) is 38.5 Å². The van der Waals surface area contributed by atoms with E-state index in [1.807, 2.05) is 7.05 Å². The molecule has 2 aliphatic heterocycles. The van der Waals surface area contributed by atoms with Gasteiger partial charge in [0.25, 0.3) is 0 Å². The molecule has 0 N–H and O–H groups in total. The van der Waals surface area contributed by atoms with E-state index in [9.17, 15) is 13.6 Å². The van der Waals surface area contributed by atoms with Gasteiger partial charge in [-0.1, -0.05) is 0 Å². The minimum absolute atomic E-state index is 0.0997. The molecule has 1 atom stereocenters. The lowest BCUT2D eigenvalue weighted by atomic mass is 10.2. The molecular formula is C17H23F2N3O3. The number of rotatable bonds is 3. The molecule has 2 heterocycles. The number of carbonyl (C=O) groups is 1. The van der Waals surface area contributed by atoms with Crippen molar-refractivity contribution in [2.24, 2.45) is 0 Å². The maximum absolute atomic E-state index is 13.8. The first-order valence-corrected chi connectivity index (χ1v) is 8.45. The second kappa shape index (κ2) is 7.97. The zero-order chi connectivity index (χ0) is 17.8. The van der Waals surface area contributed by atoms with Crippen LogP contribution in [0.2, 0.25) is 0 Å². The Morgan fingerprint density at radius 1 is 1.24 bits per heavy atom. The van der Waals surface area contributed by atoms with Gasteiger partial charge in [0.05, 0.1) is 12.3 Å². The van der Waals surface area contributed by atoms with Crippen molar-refractivity contribution in [1.29, 1.82) is 0 Å². The molecule has 0 unspecified atom stereocenters. The summed E-state index contributed by atoms with van der Waals surface area (Å²) in [6.07, 6.45) is -0.478. The lowest BCUT2D eigenvalue weighted by molar-refractivity contribution is -0.0523. The van der Waals surface area contributed by atoms with Crippen LogP contribution in [-0.2, 0) is 9.47 Å². The Morgan fingerprint density at radius 2 is 2.00 bits per heavy atom. The van der Waals surface area contributed by atoms with Gasteiger partial charge < -0.3 is 24.2 Å². The Balaban J connectivity index is 1.46. The van der Waals surface area contributed by atoms with Crippen LogP contribution in [0.25, 0.3) is 0 Å². The van der Waals surface area contributed by atoms with Crippen LogP contribution in [0.1, 0.15) is 0 Å². The van der Waals surface area contributed by atoms with Crippen molar-refractivity contribution in [1.82, 2.24) is 9.80 Å². The second-order valence-electron chi connectivity index (χ2n) is 6.40. The van der Waals surface area contributed by atoms with Crippen LogP contribution in [0.15, 0.2) is 18.2 Å². The van der Waals surface area contributed by atoms with Gasteiger partial charge in [-0.25, -0.2) is 13.6 Å². The molecule has 0 radical (unpaired) electrons. The summed E-state index contributed by atoms with van der Waals surface area (Å²) in [6.45, 7) is 4.30. The fourth-order valence-corrected chi connectivity index (χ4v) is 3.09. The van der Waals surface area contributed by atoms with Crippen LogP contribution < -0.4 is 4.90 Å². The first-order chi connectivity index (χ1) is 12.0. The number of halogens is 2. The Morgan fingerprint density at radius 3 is 2.68 bits per heavy atom.